The van der Waals surface area contributed by atoms with Crippen LogP contribution in [-0.2, 0) is 13.1 Å². The van der Waals surface area contributed by atoms with Crippen molar-refractivity contribution in [2.24, 2.45) is 0 Å². The average Bonchev–Trinajstić information content (AvgIpc) is 2.93. The molecule has 0 spiro atoms. The monoisotopic (exact) mass is 260 g/mol. The molecule has 0 aliphatic rings. The molecule has 0 fully saturated rings. The van der Waals surface area contributed by atoms with Crippen molar-refractivity contribution in [2.75, 3.05) is 13.2 Å². The number of aromatic nitrogens is 3. The summed E-state index contributed by atoms with van der Waals surface area (Å²) in [4.78, 5) is 3.89. The van der Waals surface area contributed by atoms with E-state index in [2.05, 4.69) is 34.5 Å². The highest BCUT2D eigenvalue weighted by molar-refractivity contribution is 5.28. The molecule has 1 N–H and O–H groups in total. The Balaban J connectivity index is 1.78. The van der Waals surface area contributed by atoms with Gasteiger partial charge in [0.15, 0.2) is 0 Å². The van der Waals surface area contributed by atoms with E-state index in [0.29, 0.717) is 13.2 Å². The van der Waals surface area contributed by atoms with Crippen molar-refractivity contribution >= 4 is 0 Å². The Morgan fingerprint density at radius 1 is 1.37 bits per heavy atom. The van der Waals surface area contributed by atoms with Crippen LogP contribution in [0.15, 0.2) is 36.9 Å². The molecule has 1 aromatic heterocycles. The molecule has 5 nitrogen and oxygen atoms in total. The van der Waals surface area contributed by atoms with Crippen LogP contribution in [0.2, 0.25) is 0 Å². The van der Waals surface area contributed by atoms with Crippen LogP contribution in [-0.4, -0.2) is 27.9 Å². The number of hydrogen-bond acceptors (Lipinski definition) is 4. The van der Waals surface area contributed by atoms with Gasteiger partial charge in [-0.25, -0.2) is 9.67 Å². The van der Waals surface area contributed by atoms with Gasteiger partial charge < -0.3 is 10.1 Å². The Kier molecular flexibility index (Phi) is 5.37. The summed E-state index contributed by atoms with van der Waals surface area (Å²) in [6.45, 7) is 5.38. The quantitative estimate of drug-likeness (QED) is 0.736. The van der Waals surface area contributed by atoms with Crippen LogP contribution < -0.4 is 10.1 Å². The summed E-state index contributed by atoms with van der Waals surface area (Å²) in [5.41, 5.74) is 1.24. The molecule has 1 aromatic carbocycles. The maximum absolute atomic E-state index is 5.71. The van der Waals surface area contributed by atoms with Gasteiger partial charge in [-0.15, -0.1) is 0 Å². The van der Waals surface area contributed by atoms with Crippen molar-refractivity contribution in [2.45, 2.75) is 26.4 Å². The maximum atomic E-state index is 5.71. The SMILES string of the molecule is CCCNCc1cccc(OCCn2cncn2)c1. The zero-order valence-electron chi connectivity index (χ0n) is 11.2. The van der Waals surface area contributed by atoms with E-state index in [1.807, 2.05) is 12.1 Å². The first-order chi connectivity index (χ1) is 9.38. The second-order valence-corrected chi connectivity index (χ2v) is 4.33. The summed E-state index contributed by atoms with van der Waals surface area (Å²) in [5.74, 6) is 0.899. The van der Waals surface area contributed by atoms with Crippen LogP contribution in [0.3, 0.4) is 0 Å². The van der Waals surface area contributed by atoms with Gasteiger partial charge in [-0.1, -0.05) is 19.1 Å². The number of ether oxygens (including phenoxy) is 1. The normalized spacial score (nSPS) is 10.6. The third kappa shape index (κ3) is 4.71. The van der Waals surface area contributed by atoms with Gasteiger partial charge in [-0.3, -0.25) is 0 Å². The van der Waals surface area contributed by atoms with E-state index < -0.39 is 0 Å². The molecular formula is C14H20N4O. The van der Waals surface area contributed by atoms with Crippen LogP contribution in [0.1, 0.15) is 18.9 Å². The van der Waals surface area contributed by atoms with Crippen molar-refractivity contribution in [3.8, 4) is 5.75 Å². The molecule has 2 aromatic rings. The Morgan fingerprint density at radius 2 is 2.32 bits per heavy atom. The third-order valence-electron chi connectivity index (χ3n) is 2.71. The molecule has 5 heteroatoms. The van der Waals surface area contributed by atoms with Gasteiger partial charge in [-0.05, 0) is 30.7 Å². The number of nitrogens with zero attached hydrogens (tertiary/aromatic N) is 3. The van der Waals surface area contributed by atoms with Crippen molar-refractivity contribution in [3.63, 3.8) is 0 Å². The summed E-state index contributed by atoms with van der Waals surface area (Å²) in [5, 5.41) is 7.41. The van der Waals surface area contributed by atoms with Gasteiger partial charge in [0.1, 0.15) is 25.0 Å². The van der Waals surface area contributed by atoms with E-state index in [-0.39, 0.29) is 0 Å². The average molecular weight is 260 g/mol. The molecule has 0 radical (unpaired) electrons. The predicted octanol–water partition coefficient (Wildman–Crippen LogP) is 1.86. The molecule has 0 saturated carbocycles. The first-order valence-corrected chi connectivity index (χ1v) is 6.63. The molecule has 0 bridgehead atoms. The maximum Gasteiger partial charge on any atom is 0.137 e. The molecule has 0 atom stereocenters. The lowest BCUT2D eigenvalue weighted by atomic mass is 10.2. The van der Waals surface area contributed by atoms with Gasteiger partial charge in [0, 0.05) is 6.54 Å². The van der Waals surface area contributed by atoms with Gasteiger partial charge in [0.2, 0.25) is 0 Å². The second-order valence-electron chi connectivity index (χ2n) is 4.33. The van der Waals surface area contributed by atoms with Crippen LogP contribution >= 0.6 is 0 Å². The Morgan fingerprint density at radius 3 is 3.11 bits per heavy atom. The fraction of sp³-hybridized carbons (Fsp3) is 0.429. The molecule has 0 unspecified atom stereocenters. The molecule has 0 saturated heterocycles. The fourth-order valence-electron chi connectivity index (χ4n) is 1.76. The molecule has 19 heavy (non-hydrogen) atoms. The highest BCUT2D eigenvalue weighted by atomic mass is 16.5. The van der Waals surface area contributed by atoms with Crippen molar-refractivity contribution in [1.29, 1.82) is 0 Å². The van der Waals surface area contributed by atoms with Crippen molar-refractivity contribution < 1.29 is 4.74 Å². The highest BCUT2D eigenvalue weighted by Crippen LogP contribution is 2.13. The molecular weight excluding hydrogens is 240 g/mol. The zero-order valence-corrected chi connectivity index (χ0v) is 11.2. The van der Waals surface area contributed by atoms with Crippen molar-refractivity contribution in [3.05, 3.63) is 42.5 Å². The minimum Gasteiger partial charge on any atom is -0.492 e. The predicted molar refractivity (Wildman–Crippen MR) is 74.0 cm³/mol. The van der Waals surface area contributed by atoms with E-state index >= 15 is 0 Å². The molecule has 1 heterocycles. The molecule has 102 valence electrons. The summed E-state index contributed by atoms with van der Waals surface area (Å²) >= 11 is 0. The molecule has 2 rings (SSSR count). The van der Waals surface area contributed by atoms with Crippen LogP contribution in [0.5, 0.6) is 5.75 Å². The van der Waals surface area contributed by atoms with E-state index in [0.717, 1.165) is 25.3 Å². The van der Waals surface area contributed by atoms with Crippen molar-refractivity contribution in [1.82, 2.24) is 20.1 Å². The van der Waals surface area contributed by atoms with Gasteiger partial charge in [-0.2, -0.15) is 5.10 Å². The first kappa shape index (κ1) is 13.5. The van der Waals surface area contributed by atoms with E-state index in [1.54, 1.807) is 11.0 Å². The second kappa shape index (κ2) is 7.53. The Bertz CT molecular complexity index is 470. The minimum atomic E-state index is 0.592. The molecule has 0 aliphatic carbocycles. The van der Waals surface area contributed by atoms with E-state index in [4.69, 9.17) is 4.74 Å². The summed E-state index contributed by atoms with van der Waals surface area (Å²) < 4.78 is 7.47. The van der Waals surface area contributed by atoms with Gasteiger partial charge in [0.25, 0.3) is 0 Å². The van der Waals surface area contributed by atoms with Crippen LogP contribution in [0.4, 0.5) is 0 Å². The number of hydrogen-bond donors (Lipinski definition) is 1. The highest BCUT2D eigenvalue weighted by Gasteiger charge is 1.98. The first-order valence-electron chi connectivity index (χ1n) is 6.63. The largest absolute Gasteiger partial charge is 0.492 e. The summed E-state index contributed by atoms with van der Waals surface area (Å²) in [6.07, 6.45) is 4.36. The third-order valence-corrected chi connectivity index (χ3v) is 2.71. The topological polar surface area (TPSA) is 52.0 Å². The van der Waals surface area contributed by atoms with Gasteiger partial charge in [0.05, 0.1) is 6.54 Å². The lowest BCUT2D eigenvalue weighted by Crippen LogP contribution is -2.14. The number of nitrogens with one attached hydrogen (secondary N) is 1. The molecule has 0 aliphatic heterocycles. The smallest absolute Gasteiger partial charge is 0.137 e. The summed E-state index contributed by atoms with van der Waals surface area (Å²) in [7, 11) is 0. The van der Waals surface area contributed by atoms with E-state index in [1.165, 1.54) is 11.9 Å². The lowest BCUT2D eigenvalue weighted by molar-refractivity contribution is 0.291. The Hall–Kier alpha value is -1.88. The molecule has 0 amide bonds. The summed E-state index contributed by atoms with van der Waals surface area (Å²) in [6, 6.07) is 8.18. The van der Waals surface area contributed by atoms with Crippen LogP contribution in [0.25, 0.3) is 0 Å². The lowest BCUT2D eigenvalue weighted by Gasteiger charge is -2.08. The standard InChI is InChI=1S/C14H20N4O/c1-2-6-15-10-13-4-3-5-14(9-13)19-8-7-18-12-16-11-17-18/h3-5,9,11-12,15H,2,6-8,10H2,1H3. The van der Waals surface area contributed by atoms with Gasteiger partial charge >= 0.3 is 0 Å². The fourth-order valence-corrected chi connectivity index (χ4v) is 1.76. The van der Waals surface area contributed by atoms with E-state index in [9.17, 15) is 0 Å². The number of rotatable bonds is 8. The number of benzene rings is 1. The Labute approximate surface area is 113 Å². The zero-order chi connectivity index (χ0) is 13.3. The minimum absolute atomic E-state index is 0.592. The van der Waals surface area contributed by atoms with Crippen LogP contribution in [0, 0.1) is 0 Å².